The highest BCUT2D eigenvalue weighted by atomic mass is 16.6. The zero-order chi connectivity index (χ0) is 12.1. The van der Waals surface area contributed by atoms with Crippen LogP contribution in [-0.2, 0) is 9.53 Å². The highest BCUT2D eigenvalue weighted by molar-refractivity contribution is 5.80. The molecular formula is C13H19NO3. The summed E-state index contributed by atoms with van der Waals surface area (Å²) in [5.74, 6) is -0.846. The lowest BCUT2D eigenvalue weighted by Gasteiger charge is -2.20. The van der Waals surface area contributed by atoms with E-state index < -0.39 is 5.97 Å². The molecule has 2 fully saturated rings. The highest BCUT2D eigenvalue weighted by Crippen LogP contribution is 2.19. The van der Waals surface area contributed by atoms with Gasteiger partial charge in [-0.15, -0.1) is 0 Å². The largest absolute Gasteiger partial charge is 0.478 e. The van der Waals surface area contributed by atoms with Crippen LogP contribution >= 0.6 is 0 Å². The van der Waals surface area contributed by atoms with E-state index in [4.69, 9.17) is 9.84 Å². The fourth-order valence-corrected chi connectivity index (χ4v) is 2.11. The first-order valence-electron chi connectivity index (χ1n) is 6.22. The van der Waals surface area contributed by atoms with E-state index in [2.05, 4.69) is 17.1 Å². The van der Waals surface area contributed by atoms with Gasteiger partial charge in [0.15, 0.2) is 0 Å². The SMILES string of the molecule is O=C(O)C=C(CCC=CC1CO1)N1CCCC1. The maximum absolute atomic E-state index is 10.8. The van der Waals surface area contributed by atoms with E-state index in [-0.39, 0.29) is 0 Å². The van der Waals surface area contributed by atoms with Gasteiger partial charge in [0, 0.05) is 24.9 Å². The molecule has 4 heteroatoms. The highest BCUT2D eigenvalue weighted by Gasteiger charge is 2.18. The van der Waals surface area contributed by atoms with Crippen LogP contribution in [0.1, 0.15) is 25.7 Å². The second kappa shape index (κ2) is 5.87. The van der Waals surface area contributed by atoms with Gasteiger partial charge in [-0.25, -0.2) is 4.79 Å². The number of allylic oxidation sites excluding steroid dienone is 2. The van der Waals surface area contributed by atoms with E-state index in [0.717, 1.165) is 38.2 Å². The third-order valence-corrected chi connectivity index (χ3v) is 3.08. The number of hydrogen-bond donors (Lipinski definition) is 1. The standard InChI is InChI=1S/C13H19NO3/c15-13(16)9-11(14-7-3-4-8-14)5-1-2-6-12-10-17-12/h2,6,9,12H,1,3-5,7-8,10H2,(H,15,16). The zero-order valence-corrected chi connectivity index (χ0v) is 9.97. The molecule has 2 rings (SSSR count). The molecular weight excluding hydrogens is 218 g/mol. The molecule has 1 N–H and O–H groups in total. The zero-order valence-electron chi connectivity index (χ0n) is 9.97. The maximum atomic E-state index is 10.8. The Hall–Kier alpha value is -1.29. The molecule has 94 valence electrons. The van der Waals surface area contributed by atoms with Crippen LogP contribution < -0.4 is 0 Å². The third kappa shape index (κ3) is 4.23. The molecule has 1 unspecified atom stereocenters. The first-order chi connectivity index (χ1) is 8.25. The molecule has 2 heterocycles. The molecule has 0 radical (unpaired) electrons. The Morgan fingerprint density at radius 3 is 2.71 bits per heavy atom. The van der Waals surface area contributed by atoms with Crippen LogP contribution in [0.25, 0.3) is 0 Å². The Balaban J connectivity index is 1.83. The number of carbonyl (C=O) groups is 1. The van der Waals surface area contributed by atoms with Crippen LogP contribution in [0, 0.1) is 0 Å². The Morgan fingerprint density at radius 1 is 1.41 bits per heavy atom. The Morgan fingerprint density at radius 2 is 2.12 bits per heavy atom. The first kappa shape index (κ1) is 12.2. The second-order valence-corrected chi connectivity index (χ2v) is 4.51. The maximum Gasteiger partial charge on any atom is 0.330 e. The molecule has 2 aliphatic rings. The molecule has 0 saturated carbocycles. The van der Waals surface area contributed by atoms with Crippen LogP contribution in [0.3, 0.4) is 0 Å². The number of aliphatic carboxylic acids is 1. The van der Waals surface area contributed by atoms with E-state index in [1.807, 2.05) is 0 Å². The van der Waals surface area contributed by atoms with Crippen LogP contribution in [0.5, 0.6) is 0 Å². The van der Waals surface area contributed by atoms with Crippen molar-refractivity contribution in [2.75, 3.05) is 19.7 Å². The number of hydrogen-bond acceptors (Lipinski definition) is 3. The predicted molar refractivity (Wildman–Crippen MR) is 64.6 cm³/mol. The van der Waals surface area contributed by atoms with Gasteiger partial charge in [0.25, 0.3) is 0 Å². The minimum Gasteiger partial charge on any atom is -0.478 e. The Kier molecular flexibility index (Phi) is 4.20. The molecule has 17 heavy (non-hydrogen) atoms. The van der Waals surface area contributed by atoms with Crippen molar-refractivity contribution in [1.29, 1.82) is 0 Å². The molecule has 4 nitrogen and oxygen atoms in total. The summed E-state index contributed by atoms with van der Waals surface area (Å²) < 4.78 is 5.07. The van der Waals surface area contributed by atoms with E-state index in [0.29, 0.717) is 6.10 Å². The van der Waals surface area contributed by atoms with Gasteiger partial charge >= 0.3 is 5.97 Å². The number of ether oxygens (including phenoxy) is 1. The number of likely N-dealkylation sites (tertiary alicyclic amines) is 1. The lowest BCUT2D eigenvalue weighted by molar-refractivity contribution is -0.131. The average molecular weight is 237 g/mol. The third-order valence-electron chi connectivity index (χ3n) is 3.08. The number of rotatable bonds is 6. The van der Waals surface area contributed by atoms with Crippen molar-refractivity contribution < 1.29 is 14.6 Å². The molecule has 0 bridgehead atoms. The van der Waals surface area contributed by atoms with Crippen LogP contribution in [0.2, 0.25) is 0 Å². The normalized spacial score (nSPS) is 24.6. The predicted octanol–water partition coefficient (Wildman–Crippen LogP) is 1.79. The van der Waals surface area contributed by atoms with Gasteiger partial charge in [-0.2, -0.15) is 0 Å². The van der Waals surface area contributed by atoms with E-state index in [9.17, 15) is 4.79 Å². The van der Waals surface area contributed by atoms with Crippen molar-refractivity contribution >= 4 is 5.97 Å². The van der Waals surface area contributed by atoms with Crippen LogP contribution in [0.15, 0.2) is 23.9 Å². The van der Waals surface area contributed by atoms with Crippen molar-refractivity contribution in [1.82, 2.24) is 4.90 Å². The van der Waals surface area contributed by atoms with Gasteiger partial charge in [0.2, 0.25) is 0 Å². The molecule has 0 aromatic heterocycles. The van der Waals surface area contributed by atoms with Crippen molar-refractivity contribution in [2.24, 2.45) is 0 Å². The van der Waals surface area contributed by atoms with Gasteiger partial charge in [-0.3, -0.25) is 0 Å². The molecule has 0 aromatic carbocycles. The van der Waals surface area contributed by atoms with Crippen LogP contribution in [0.4, 0.5) is 0 Å². The van der Waals surface area contributed by atoms with Crippen LogP contribution in [-0.4, -0.2) is 41.8 Å². The lowest BCUT2D eigenvalue weighted by atomic mass is 10.2. The molecule has 1 atom stereocenters. The second-order valence-electron chi connectivity index (χ2n) is 4.51. The fourth-order valence-electron chi connectivity index (χ4n) is 2.11. The summed E-state index contributed by atoms with van der Waals surface area (Å²) in [4.78, 5) is 13.0. The molecule has 0 spiro atoms. The molecule has 0 aromatic rings. The summed E-state index contributed by atoms with van der Waals surface area (Å²) >= 11 is 0. The number of carboxylic acid groups (broad SMARTS) is 1. The Bertz CT molecular complexity index is 326. The minimum absolute atomic E-state index is 0.314. The number of epoxide rings is 1. The molecule has 2 saturated heterocycles. The summed E-state index contributed by atoms with van der Waals surface area (Å²) in [5, 5.41) is 8.86. The van der Waals surface area contributed by atoms with Crippen molar-refractivity contribution in [3.05, 3.63) is 23.9 Å². The molecule has 0 amide bonds. The topological polar surface area (TPSA) is 53.1 Å². The summed E-state index contributed by atoms with van der Waals surface area (Å²) in [6, 6.07) is 0. The first-order valence-corrected chi connectivity index (χ1v) is 6.22. The molecule has 2 aliphatic heterocycles. The van der Waals surface area contributed by atoms with Gasteiger partial charge in [0.1, 0.15) is 0 Å². The van der Waals surface area contributed by atoms with E-state index in [1.165, 1.54) is 18.9 Å². The smallest absolute Gasteiger partial charge is 0.330 e. The average Bonchev–Trinajstić information content (AvgIpc) is 2.94. The van der Waals surface area contributed by atoms with Gasteiger partial charge in [-0.05, 0) is 25.7 Å². The van der Waals surface area contributed by atoms with E-state index in [1.54, 1.807) is 0 Å². The number of carboxylic acids is 1. The number of nitrogens with zero attached hydrogens (tertiary/aromatic N) is 1. The van der Waals surface area contributed by atoms with Crippen molar-refractivity contribution in [3.8, 4) is 0 Å². The van der Waals surface area contributed by atoms with Gasteiger partial charge < -0.3 is 14.7 Å². The fraction of sp³-hybridized carbons (Fsp3) is 0.615. The summed E-state index contributed by atoms with van der Waals surface area (Å²) in [5.41, 5.74) is 0.955. The monoisotopic (exact) mass is 237 g/mol. The Labute approximate surface area is 102 Å². The van der Waals surface area contributed by atoms with Crippen molar-refractivity contribution in [3.63, 3.8) is 0 Å². The van der Waals surface area contributed by atoms with Crippen molar-refractivity contribution in [2.45, 2.75) is 31.8 Å². The minimum atomic E-state index is -0.846. The molecule has 0 aliphatic carbocycles. The summed E-state index contributed by atoms with van der Waals surface area (Å²) in [6.45, 7) is 2.82. The quantitative estimate of drug-likeness (QED) is 0.434. The summed E-state index contributed by atoms with van der Waals surface area (Å²) in [6.07, 6.45) is 9.84. The van der Waals surface area contributed by atoms with Gasteiger partial charge in [-0.1, -0.05) is 12.2 Å². The lowest BCUT2D eigenvalue weighted by Crippen LogP contribution is -2.19. The summed E-state index contributed by atoms with van der Waals surface area (Å²) in [7, 11) is 0. The van der Waals surface area contributed by atoms with E-state index >= 15 is 0 Å². The van der Waals surface area contributed by atoms with Gasteiger partial charge in [0.05, 0.1) is 12.7 Å².